The van der Waals surface area contributed by atoms with Crippen LogP contribution in [-0.2, 0) is 11.2 Å². The van der Waals surface area contributed by atoms with Crippen molar-refractivity contribution in [3.05, 3.63) is 24.2 Å². The molecule has 16 heavy (non-hydrogen) atoms. The second-order valence-electron chi connectivity index (χ2n) is 4.46. The predicted molar refractivity (Wildman–Crippen MR) is 62.0 cm³/mol. The molecule has 1 heterocycles. The topological polar surface area (TPSA) is 42.2 Å². The molecule has 0 atom stereocenters. The van der Waals surface area contributed by atoms with E-state index >= 15 is 0 Å². The monoisotopic (exact) mass is 221 g/mol. The summed E-state index contributed by atoms with van der Waals surface area (Å²) in [6.07, 6.45) is 8.11. The highest BCUT2D eigenvalue weighted by molar-refractivity contribution is 5.78. The first-order valence-electron chi connectivity index (χ1n) is 6.16. The van der Waals surface area contributed by atoms with Crippen molar-refractivity contribution in [3.8, 4) is 0 Å². The summed E-state index contributed by atoms with van der Waals surface area (Å²) in [4.78, 5) is 11.7. The fourth-order valence-electron chi connectivity index (χ4n) is 2.26. The Kier molecular flexibility index (Phi) is 4.03. The lowest BCUT2D eigenvalue weighted by Gasteiger charge is -2.09. The normalized spacial score (nSPS) is 16.5. The van der Waals surface area contributed by atoms with Gasteiger partial charge >= 0.3 is 0 Å². The van der Waals surface area contributed by atoms with Gasteiger partial charge in [0.15, 0.2) is 0 Å². The van der Waals surface area contributed by atoms with Gasteiger partial charge in [-0.25, -0.2) is 0 Å². The molecule has 0 unspecified atom stereocenters. The molecule has 0 aromatic carbocycles. The summed E-state index contributed by atoms with van der Waals surface area (Å²) in [6.45, 7) is 0.760. The van der Waals surface area contributed by atoms with E-state index in [0.717, 1.165) is 38.0 Å². The Morgan fingerprint density at radius 3 is 2.94 bits per heavy atom. The molecule has 3 heteroatoms. The third-order valence-electron chi connectivity index (χ3n) is 3.21. The van der Waals surface area contributed by atoms with Gasteiger partial charge in [-0.05, 0) is 31.4 Å². The van der Waals surface area contributed by atoms with Gasteiger partial charge in [-0.1, -0.05) is 12.8 Å². The molecule has 1 aliphatic carbocycles. The molecular formula is C13H19NO2. The Bertz CT molecular complexity index is 313. The fraction of sp³-hybridized carbons (Fsp3) is 0.615. The zero-order chi connectivity index (χ0) is 11.2. The predicted octanol–water partition coefficient (Wildman–Crippen LogP) is 2.52. The van der Waals surface area contributed by atoms with E-state index in [0.29, 0.717) is 0 Å². The van der Waals surface area contributed by atoms with Crippen LogP contribution in [0.25, 0.3) is 0 Å². The number of carbonyl (C=O) groups excluding carboxylic acids is 1. The number of furan rings is 1. The third-order valence-corrected chi connectivity index (χ3v) is 3.21. The number of hydrogen-bond acceptors (Lipinski definition) is 2. The number of carbonyl (C=O) groups is 1. The van der Waals surface area contributed by atoms with E-state index in [1.54, 1.807) is 6.26 Å². The highest BCUT2D eigenvalue weighted by atomic mass is 16.3. The third kappa shape index (κ3) is 3.12. The molecule has 1 aromatic rings. The van der Waals surface area contributed by atoms with E-state index < -0.39 is 0 Å². The van der Waals surface area contributed by atoms with E-state index in [9.17, 15) is 4.79 Å². The molecule has 1 saturated carbocycles. The Morgan fingerprint density at radius 2 is 2.25 bits per heavy atom. The fourth-order valence-corrected chi connectivity index (χ4v) is 2.26. The van der Waals surface area contributed by atoms with Gasteiger partial charge in [0.05, 0.1) is 6.26 Å². The van der Waals surface area contributed by atoms with Crippen molar-refractivity contribution in [1.29, 1.82) is 0 Å². The zero-order valence-electron chi connectivity index (χ0n) is 9.58. The van der Waals surface area contributed by atoms with Crippen LogP contribution in [0.3, 0.4) is 0 Å². The van der Waals surface area contributed by atoms with Gasteiger partial charge in [0.2, 0.25) is 5.91 Å². The molecule has 0 saturated heterocycles. The molecule has 2 rings (SSSR count). The number of nitrogens with one attached hydrogen (secondary N) is 1. The zero-order valence-corrected chi connectivity index (χ0v) is 9.58. The van der Waals surface area contributed by atoms with Crippen LogP contribution in [0.2, 0.25) is 0 Å². The van der Waals surface area contributed by atoms with E-state index in [1.807, 2.05) is 12.1 Å². The SMILES string of the molecule is O=C(NCCCc1ccco1)C1CCCC1. The van der Waals surface area contributed by atoms with Crippen LogP contribution >= 0.6 is 0 Å². The molecular weight excluding hydrogens is 202 g/mol. The van der Waals surface area contributed by atoms with Crippen molar-refractivity contribution in [1.82, 2.24) is 5.32 Å². The average molecular weight is 221 g/mol. The van der Waals surface area contributed by atoms with Crippen LogP contribution in [0.1, 0.15) is 37.9 Å². The molecule has 88 valence electrons. The molecule has 0 radical (unpaired) electrons. The maximum atomic E-state index is 11.7. The average Bonchev–Trinajstić information content (AvgIpc) is 2.96. The van der Waals surface area contributed by atoms with Gasteiger partial charge in [-0.15, -0.1) is 0 Å². The van der Waals surface area contributed by atoms with Gasteiger partial charge in [-0.2, -0.15) is 0 Å². The minimum Gasteiger partial charge on any atom is -0.469 e. The number of amides is 1. The first-order valence-corrected chi connectivity index (χ1v) is 6.16. The molecule has 1 aliphatic rings. The summed E-state index contributed by atoms with van der Waals surface area (Å²) >= 11 is 0. The van der Waals surface area contributed by atoms with Crippen molar-refractivity contribution in [2.75, 3.05) is 6.54 Å². The molecule has 1 amide bonds. The minimum absolute atomic E-state index is 0.247. The Labute approximate surface area is 96.2 Å². The summed E-state index contributed by atoms with van der Waals surface area (Å²) in [5, 5.41) is 3.01. The molecule has 1 N–H and O–H groups in total. The molecule has 1 aromatic heterocycles. The smallest absolute Gasteiger partial charge is 0.223 e. The lowest BCUT2D eigenvalue weighted by Crippen LogP contribution is -2.30. The highest BCUT2D eigenvalue weighted by Gasteiger charge is 2.21. The van der Waals surface area contributed by atoms with Crippen LogP contribution in [0.4, 0.5) is 0 Å². The summed E-state index contributed by atoms with van der Waals surface area (Å²) in [5.74, 6) is 1.52. The Balaban J connectivity index is 1.59. The second kappa shape index (κ2) is 5.73. The van der Waals surface area contributed by atoms with Gasteiger partial charge in [-0.3, -0.25) is 4.79 Å². The van der Waals surface area contributed by atoms with Gasteiger partial charge < -0.3 is 9.73 Å². The number of aryl methyl sites for hydroxylation is 1. The largest absolute Gasteiger partial charge is 0.469 e. The lowest BCUT2D eigenvalue weighted by molar-refractivity contribution is -0.124. The van der Waals surface area contributed by atoms with E-state index in [2.05, 4.69) is 5.32 Å². The molecule has 0 aliphatic heterocycles. The molecule has 3 nitrogen and oxygen atoms in total. The number of hydrogen-bond donors (Lipinski definition) is 1. The van der Waals surface area contributed by atoms with Gasteiger partial charge in [0.25, 0.3) is 0 Å². The minimum atomic E-state index is 0.247. The van der Waals surface area contributed by atoms with Gasteiger partial charge in [0, 0.05) is 18.9 Å². The quantitative estimate of drug-likeness (QED) is 0.776. The maximum absolute atomic E-state index is 11.7. The Hall–Kier alpha value is -1.25. The first kappa shape index (κ1) is 11.2. The van der Waals surface area contributed by atoms with Crippen molar-refractivity contribution >= 4 is 5.91 Å². The van der Waals surface area contributed by atoms with Crippen LogP contribution < -0.4 is 5.32 Å². The van der Waals surface area contributed by atoms with Crippen molar-refractivity contribution in [2.45, 2.75) is 38.5 Å². The van der Waals surface area contributed by atoms with Crippen LogP contribution in [0.15, 0.2) is 22.8 Å². The number of rotatable bonds is 5. The molecule has 1 fully saturated rings. The van der Waals surface area contributed by atoms with E-state index in [4.69, 9.17) is 4.42 Å². The van der Waals surface area contributed by atoms with Crippen molar-refractivity contribution < 1.29 is 9.21 Å². The van der Waals surface area contributed by atoms with Crippen molar-refractivity contribution in [2.24, 2.45) is 5.92 Å². The van der Waals surface area contributed by atoms with Crippen LogP contribution in [0, 0.1) is 5.92 Å². The summed E-state index contributed by atoms with van der Waals surface area (Å²) in [5.41, 5.74) is 0. The molecule has 0 spiro atoms. The first-order chi connectivity index (χ1) is 7.86. The summed E-state index contributed by atoms with van der Waals surface area (Å²) in [6, 6.07) is 3.87. The van der Waals surface area contributed by atoms with E-state index in [-0.39, 0.29) is 11.8 Å². The summed E-state index contributed by atoms with van der Waals surface area (Å²) in [7, 11) is 0. The maximum Gasteiger partial charge on any atom is 0.223 e. The molecule has 0 bridgehead atoms. The second-order valence-corrected chi connectivity index (χ2v) is 4.46. The van der Waals surface area contributed by atoms with Crippen LogP contribution in [0.5, 0.6) is 0 Å². The van der Waals surface area contributed by atoms with E-state index in [1.165, 1.54) is 12.8 Å². The highest BCUT2D eigenvalue weighted by Crippen LogP contribution is 2.24. The Morgan fingerprint density at radius 1 is 1.44 bits per heavy atom. The summed E-state index contributed by atoms with van der Waals surface area (Å²) < 4.78 is 5.23. The van der Waals surface area contributed by atoms with Gasteiger partial charge in [0.1, 0.15) is 5.76 Å². The van der Waals surface area contributed by atoms with Crippen molar-refractivity contribution in [3.63, 3.8) is 0 Å². The standard InChI is InChI=1S/C13H19NO2/c15-13(11-5-1-2-6-11)14-9-3-7-12-8-4-10-16-12/h4,8,10-11H,1-3,5-7,9H2,(H,14,15). The van der Waals surface area contributed by atoms with Crippen LogP contribution in [-0.4, -0.2) is 12.5 Å². The lowest BCUT2D eigenvalue weighted by atomic mass is 10.1.